The van der Waals surface area contributed by atoms with Crippen molar-refractivity contribution >= 4 is 5.91 Å². The fraction of sp³-hybridized carbons (Fsp3) is 0.500. The second-order valence-corrected chi connectivity index (χ2v) is 4.18. The molecule has 0 fully saturated rings. The third-order valence-electron chi connectivity index (χ3n) is 2.28. The van der Waals surface area contributed by atoms with E-state index in [1.54, 1.807) is 19.3 Å². The van der Waals surface area contributed by atoms with Gasteiger partial charge in [0.1, 0.15) is 0 Å². The summed E-state index contributed by atoms with van der Waals surface area (Å²) in [5.41, 5.74) is 1.55. The van der Waals surface area contributed by atoms with Gasteiger partial charge in [-0.05, 0) is 24.5 Å². The van der Waals surface area contributed by atoms with E-state index in [0.717, 1.165) is 5.56 Å². The molecule has 4 nitrogen and oxygen atoms in total. The van der Waals surface area contributed by atoms with E-state index in [0.29, 0.717) is 5.56 Å². The lowest BCUT2D eigenvalue weighted by Gasteiger charge is -2.12. The number of nitrogens with zero attached hydrogens (tertiary/aromatic N) is 1. The van der Waals surface area contributed by atoms with E-state index < -0.39 is 6.10 Å². The highest BCUT2D eigenvalue weighted by Gasteiger charge is 2.13. The fourth-order valence-electron chi connectivity index (χ4n) is 1.43. The minimum Gasteiger partial charge on any atom is -0.392 e. The summed E-state index contributed by atoms with van der Waals surface area (Å²) in [6.45, 7) is 5.94. The molecule has 1 unspecified atom stereocenters. The van der Waals surface area contributed by atoms with Crippen molar-refractivity contribution in [3.63, 3.8) is 0 Å². The minimum atomic E-state index is -0.539. The van der Waals surface area contributed by atoms with Crippen LogP contribution >= 0.6 is 0 Å². The van der Waals surface area contributed by atoms with Gasteiger partial charge in [0.25, 0.3) is 5.91 Å². The van der Waals surface area contributed by atoms with Crippen molar-refractivity contribution in [2.24, 2.45) is 0 Å². The van der Waals surface area contributed by atoms with Crippen LogP contribution in [0.4, 0.5) is 0 Å². The molecule has 88 valence electrons. The number of amides is 1. The van der Waals surface area contributed by atoms with Gasteiger partial charge in [0.15, 0.2) is 0 Å². The number of aliphatic hydroxyl groups is 1. The van der Waals surface area contributed by atoms with Crippen LogP contribution in [0, 0.1) is 0 Å². The number of rotatable bonds is 4. The molecule has 1 heterocycles. The van der Waals surface area contributed by atoms with Gasteiger partial charge in [0.2, 0.25) is 0 Å². The maximum absolute atomic E-state index is 11.8. The first kappa shape index (κ1) is 12.6. The second-order valence-electron chi connectivity index (χ2n) is 4.18. The van der Waals surface area contributed by atoms with Gasteiger partial charge in [-0.3, -0.25) is 9.78 Å². The average molecular weight is 222 g/mol. The summed E-state index contributed by atoms with van der Waals surface area (Å²) in [6, 6.07) is 1.85. The SMILES string of the molecule is CC(O)CNC(=O)c1cnccc1C(C)C. The van der Waals surface area contributed by atoms with Crippen LogP contribution < -0.4 is 5.32 Å². The zero-order chi connectivity index (χ0) is 12.1. The molecule has 0 saturated carbocycles. The van der Waals surface area contributed by atoms with Crippen LogP contribution in [0.1, 0.15) is 42.6 Å². The van der Waals surface area contributed by atoms with E-state index in [9.17, 15) is 4.79 Å². The number of aromatic nitrogens is 1. The Morgan fingerprint density at radius 2 is 2.19 bits per heavy atom. The largest absolute Gasteiger partial charge is 0.392 e. The highest BCUT2D eigenvalue weighted by molar-refractivity contribution is 5.95. The second kappa shape index (κ2) is 5.61. The van der Waals surface area contributed by atoms with Crippen LogP contribution in [-0.4, -0.2) is 28.6 Å². The molecule has 1 atom stereocenters. The van der Waals surface area contributed by atoms with Crippen LogP contribution in [0.15, 0.2) is 18.5 Å². The van der Waals surface area contributed by atoms with Crippen molar-refractivity contribution in [1.29, 1.82) is 0 Å². The van der Waals surface area contributed by atoms with E-state index in [-0.39, 0.29) is 18.4 Å². The van der Waals surface area contributed by atoms with E-state index in [4.69, 9.17) is 5.11 Å². The summed E-state index contributed by atoms with van der Waals surface area (Å²) < 4.78 is 0. The van der Waals surface area contributed by atoms with E-state index in [2.05, 4.69) is 10.3 Å². The van der Waals surface area contributed by atoms with Gasteiger partial charge in [-0.15, -0.1) is 0 Å². The molecule has 1 aromatic rings. The fourth-order valence-corrected chi connectivity index (χ4v) is 1.43. The molecule has 0 saturated heterocycles. The molecular weight excluding hydrogens is 204 g/mol. The molecule has 2 N–H and O–H groups in total. The molecule has 0 spiro atoms. The van der Waals surface area contributed by atoms with Crippen LogP contribution in [0.3, 0.4) is 0 Å². The summed E-state index contributed by atoms with van der Waals surface area (Å²) in [7, 11) is 0. The molecule has 1 aromatic heterocycles. The molecule has 4 heteroatoms. The molecule has 1 amide bonds. The van der Waals surface area contributed by atoms with Crippen molar-refractivity contribution in [2.75, 3.05) is 6.54 Å². The number of pyridine rings is 1. The van der Waals surface area contributed by atoms with E-state index in [1.807, 2.05) is 19.9 Å². The maximum Gasteiger partial charge on any atom is 0.253 e. The maximum atomic E-state index is 11.8. The Kier molecular flexibility index (Phi) is 4.43. The lowest BCUT2D eigenvalue weighted by Crippen LogP contribution is -2.31. The lowest BCUT2D eigenvalue weighted by molar-refractivity contribution is 0.0922. The summed E-state index contributed by atoms with van der Waals surface area (Å²) in [5.74, 6) is 0.0907. The Balaban J connectivity index is 2.82. The highest BCUT2D eigenvalue weighted by Crippen LogP contribution is 2.17. The van der Waals surface area contributed by atoms with Crippen LogP contribution in [0.25, 0.3) is 0 Å². The van der Waals surface area contributed by atoms with Crippen molar-refractivity contribution in [1.82, 2.24) is 10.3 Å². The zero-order valence-corrected chi connectivity index (χ0v) is 9.90. The van der Waals surface area contributed by atoms with Gasteiger partial charge in [0, 0.05) is 18.9 Å². The predicted octanol–water partition coefficient (Wildman–Crippen LogP) is 1.32. The smallest absolute Gasteiger partial charge is 0.253 e. The monoisotopic (exact) mass is 222 g/mol. The minimum absolute atomic E-state index is 0.183. The summed E-state index contributed by atoms with van der Waals surface area (Å²) >= 11 is 0. The van der Waals surface area contributed by atoms with Crippen LogP contribution in [0.2, 0.25) is 0 Å². The van der Waals surface area contributed by atoms with Gasteiger partial charge >= 0.3 is 0 Å². The first-order valence-electron chi connectivity index (χ1n) is 5.42. The molecule has 0 radical (unpaired) electrons. The van der Waals surface area contributed by atoms with E-state index >= 15 is 0 Å². The third-order valence-corrected chi connectivity index (χ3v) is 2.28. The number of hydrogen-bond donors (Lipinski definition) is 2. The molecule has 0 aliphatic heterocycles. The summed E-state index contributed by atoms with van der Waals surface area (Å²) in [4.78, 5) is 15.8. The molecular formula is C12H18N2O2. The van der Waals surface area contributed by atoms with Crippen LogP contribution in [0.5, 0.6) is 0 Å². The van der Waals surface area contributed by atoms with Crippen molar-refractivity contribution in [3.8, 4) is 0 Å². The number of carbonyl (C=O) groups excluding carboxylic acids is 1. The van der Waals surface area contributed by atoms with Gasteiger partial charge in [-0.25, -0.2) is 0 Å². The Labute approximate surface area is 95.7 Å². The van der Waals surface area contributed by atoms with Gasteiger partial charge in [-0.1, -0.05) is 13.8 Å². The molecule has 0 aliphatic rings. The normalized spacial score (nSPS) is 12.6. The Hall–Kier alpha value is -1.42. The van der Waals surface area contributed by atoms with Gasteiger partial charge in [0.05, 0.1) is 11.7 Å². The number of carbonyl (C=O) groups is 1. The van der Waals surface area contributed by atoms with Crippen LogP contribution in [-0.2, 0) is 0 Å². The van der Waals surface area contributed by atoms with E-state index in [1.165, 1.54) is 0 Å². The summed E-state index contributed by atoms with van der Waals surface area (Å²) in [6.07, 6.45) is 2.70. The highest BCUT2D eigenvalue weighted by atomic mass is 16.3. The van der Waals surface area contributed by atoms with Crippen molar-refractivity contribution in [2.45, 2.75) is 32.8 Å². The van der Waals surface area contributed by atoms with Crippen molar-refractivity contribution < 1.29 is 9.90 Å². The standard InChI is InChI=1S/C12H18N2O2/c1-8(2)10-4-5-13-7-11(10)12(16)14-6-9(3)15/h4-5,7-9,15H,6H2,1-3H3,(H,14,16). The first-order valence-corrected chi connectivity index (χ1v) is 5.42. The Morgan fingerprint density at radius 3 is 2.75 bits per heavy atom. The molecule has 0 aliphatic carbocycles. The average Bonchev–Trinajstić information content (AvgIpc) is 2.25. The van der Waals surface area contributed by atoms with Gasteiger partial charge in [-0.2, -0.15) is 0 Å². The number of hydrogen-bond acceptors (Lipinski definition) is 3. The number of aliphatic hydroxyl groups excluding tert-OH is 1. The Bertz CT molecular complexity index is 362. The Morgan fingerprint density at radius 1 is 1.50 bits per heavy atom. The molecule has 0 bridgehead atoms. The molecule has 16 heavy (non-hydrogen) atoms. The first-order chi connectivity index (χ1) is 7.52. The molecule has 1 rings (SSSR count). The van der Waals surface area contributed by atoms with Gasteiger partial charge < -0.3 is 10.4 Å². The topological polar surface area (TPSA) is 62.2 Å². The number of nitrogens with one attached hydrogen (secondary N) is 1. The summed E-state index contributed by atoms with van der Waals surface area (Å²) in [5, 5.41) is 11.8. The third kappa shape index (κ3) is 3.31. The van der Waals surface area contributed by atoms with Crippen molar-refractivity contribution in [3.05, 3.63) is 29.6 Å². The zero-order valence-electron chi connectivity index (χ0n) is 9.90. The molecule has 0 aromatic carbocycles. The quantitative estimate of drug-likeness (QED) is 0.807. The lowest BCUT2D eigenvalue weighted by atomic mass is 9.99. The predicted molar refractivity (Wildman–Crippen MR) is 62.3 cm³/mol.